The molecule has 2 aromatic rings. The molecule has 7 heteroatoms. The summed E-state index contributed by atoms with van der Waals surface area (Å²) in [6, 6.07) is 1.69. The predicted octanol–water partition coefficient (Wildman–Crippen LogP) is 3.51. The van der Waals surface area contributed by atoms with Gasteiger partial charge in [0.2, 0.25) is 0 Å². The number of pyridine rings is 1. The summed E-state index contributed by atoms with van der Waals surface area (Å²) in [5.41, 5.74) is 0.968. The predicted molar refractivity (Wildman–Crippen MR) is 71.8 cm³/mol. The van der Waals surface area contributed by atoms with E-state index >= 15 is 0 Å². The number of aryl methyl sites for hydroxylation is 1. The standard InChI is InChI=1S/C10H7BrClN3OS/c1-5-14-8(4-17-5)10(16)15-6-2-7(11)9(12)13-3-6/h2-4H,1H3,(H,15,16). The van der Waals surface area contributed by atoms with Crippen LogP contribution >= 0.6 is 38.9 Å². The van der Waals surface area contributed by atoms with Gasteiger partial charge in [-0.15, -0.1) is 11.3 Å². The van der Waals surface area contributed by atoms with Gasteiger partial charge in [0.05, 0.1) is 21.4 Å². The zero-order valence-corrected chi connectivity index (χ0v) is 11.9. The average molecular weight is 333 g/mol. The van der Waals surface area contributed by atoms with Gasteiger partial charge >= 0.3 is 0 Å². The summed E-state index contributed by atoms with van der Waals surface area (Å²) in [6.45, 7) is 1.85. The number of carbonyl (C=O) groups is 1. The van der Waals surface area contributed by atoms with Gasteiger partial charge < -0.3 is 5.32 Å². The summed E-state index contributed by atoms with van der Waals surface area (Å²) in [4.78, 5) is 19.8. The van der Waals surface area contributed by atoms with E-state index < -0.39 is 0 Å². The van der Waals surface area contributed by atoms with Crippen LogP contribution in [0.5, 0.6) is 0 Å². The van der Waals surface area contributed by atoms with Crippen molar-refractivity contribution in [2.24, 2.45) is 0 Å². The second-order valence-electron chi connectivity index (χ2n) is 3.20. The van der Waals surface area contributed by atoms with Gasteiger partial charge in [-0.3, -0.25) is 4.79 Å². The molecule has 0 aliphatic rings. The molecule has 2 rings (SSSR count). The molecule has 2 heterocycles. The molecule has 0 bridgehead atoms. The molecule has 2 aromatic heterocycles. The van der Waals surface area contributed by atoms with Crippen LogP contribution in [0.3, 0.4) is 0 Å². The van der Waals surface area contributed by atoms with Crippen molar-refractivity contribution in [3.63, 3.8) is 0 Å². The first-order chi connectivity index (χ1) is 8.06. The van der Waals surface area contributed by atoms with Crippen LogP contribution in [0.2, 0.25) is 5.15 Å². The zero-order chi connectivity index (χ0) is 12.4. The maximum Gasteiger partial charge on any atom is 0.275 e. The summed E-state index contributed by atoms with van der Waals surface area (Å²) < 4.78 is 0.631. The minimum Gasteiger partial charge on any atom is -0.319 e. The fraction of sp³-hybridized carbons (Fsp3) is 0.100. The molecule has 0 saturated carbocycles. The van der Waals surface area contributed by atoms with Crippen molar-refractivity contribution in [2.75, 3.05) is 5.32 Å². The number of rotatable bonds is 2. The van der Waals surface area contributed by atoms with Gasteiger partial charge in [-0.05, 0) is 28.9 Å². The molecular weight excluding hydrogens is 326 g/mol. The molecule has 0 radical (unpaired) electrons. The summed E-state index contributed by atoms with van der Waals surface area (Å²) >= 11 is 10.4. The summed E-state index contributed by atoms with van der Waals surface area (Å²) in [6.07, 6.45) is 1.49. The molecule has 4 nitrogen and oxygen atoms in total. The third kappa shape index (κ3) is 3.02. The van der Waals surface area contributed by atoms with E-state index in [0.717, 1.165) is 5.01 Å². The number of halogens is 2. The molecule has 17 heavy (non-hydrogen) atoms. The quantitative estimate of drug-likeness (QED) is 0.856. The molecule has 88 valence electrons. The maximum atomic E-state index is 11.8. The molecule has 0 saturated heterocycles. The van der Waals surface area contributed by atoms with Crippen molar-refractivity contribution >= 4 is 50.5 Å². The first-order valence-electron chi connectivity index (χ1n) is 4.61. The molecule has 0 aliphatic carbocycles. The molecular formula is C10H7BrClN3OS. The van der Waals surface area contributed by atoms with Crippen molar-refractivity contribution in [1.82, 2.24) is 9.97 Å². The normalized spacial score (nSPS) is 10.3. The molecule has 0 aromatic carbocycles. The molecule has 1 amide bonds. The van der Waals surface area contributed by atoms with Crippen LogP contribution in [0.15, 0.2) is 22.1 Å². The zero-order valence-electron chi connectivity index (χ0n) is 8.70. The topological polar surface area (TPSA) is 54.9 Å². The van der Waals surface area contributed by atoms with Crippen LogP contribution in [-0.4, -0.2) is 15.9 Å². The SMILES string of the molecule is Cc1nc(C(=O)Nc2cnc(Cl)c(Br)c2)cs1. The lowest BCUT2D eigenvalue weighted by Gasteiger charge is -2.03. The first kappa shape index (κ1) is 12.5. The number of anilines is 1. The van der Waals surface area contributed by atoms with E-state index in [1.54, 1.807) is 11.4 Å². The second-order valence-corrected chi connectivity index (χ2v) is 5.48. The van der Waals surface area contributed by atoms with Gasteiger partial charge in [-0.1, -0.05) is 11.6 Å². The Morgan fingerprint density at radius 2 is 2.35 bits per heavy atom. The third-order valence-electron chi connectivity index (χ3n) is 1.91. The number of amides is 1. The van der Waals surface area contributed by atoms with Gasteiger partial charge in [-0.25, -0.2) is 9.97 Å². The summed E-state index contributed by atoms with van der Waals surface area (Å²) in [7, 11) is 0. The summed E-state index contributed by atoms with van der Waals surface area (Å²) in [5.74, 6) is -0.259. The lowest BCUT2D eigenvalue weighted by atomic mass is 10.4. The molecule has 0 aliphatic heterocycles. The van der Waals surface area contributed by atoms with Gasteiger partial charge in [0.15, 0.2) is 0 Å². The third-order valence-corrected chi connectivity index (χ3v) is 3.81. The number of thiazole rings is 1. The van der Waals surface area contributed by atoms with E-state index in [9.17, 15) is 4.79 Å². The first-order valence-corrected chi connectivity index (χ1v) is 6.66. The molecule has 0 unspecified atom stereocenters. The summed E-state index contributed by atoms with van der Waals surface area (Å²) in [5, 5.41) is 5.61. The van der Waals surface area contributed by atoms with Gasteiger partial charge in [0.1, 0.15) is 10.8 Å². The number of nitrogens with one attached hydrogen (secondary N) is 1. The fourth-order valence-corrected chi connectivity index (χ4v) is 2.20. The van der Waals surface area contributed by atoms with E-state index in [2.05, 4.69) is 31.2 Å². The fourth-order valence-electron chi connectivity index (χ4n) is 1.15. The highest BCUT2D eigenvalue weighted by atomic mass is 79.9. The smallest absolute Gasteiger partial charge is 0.275 e. The number of carbonyl (C=O) groups excluding carboxylic acids is 1. The molecule has 1 N–H and O–H groups in total. The average Bonchev–Trinajstić information content (AvgIpc) is 2.70. The van der Waals surface area contributed by atoms with Crippen molar-refractivity contribution in [3.05, 3.63) is 38.0 Å². The highest BCUT2D eigenvalue weighted by molar-refractivity contribution is 9.10. The largest absolute Gasteiger partial charge is 0.319 e. The number of aromatic nitrogens is 2. The second kappa shape index (κ2) is 5.12. The van der Waals surface area contributed by atoms with Crippen LogP contribution in [0.4, 0.5) is 5.69 Å². The van der Waals surface area contributed by atoms with Crippen LogP contribution in [0, 0.1) is 6.92 Å². The van der Waals surface area contributed by atoms with Gasteiger partial charge in [-0.2, -0.15) is 0 Å². The Bertz CT molecular complexity index is 572. The van der Waals surface area contributed by atoms with Crippen LogP contribution in [0.1, 0.15) is 15.5 Å². The van der Waals surface area contributed by atoms with Crippen LogP contribution in [-0.2, 0) is 0 Å². The van der Waals surface area contributed by atoms with E-state index in [1.165, 1.54) is 17.5 Å². The Labute approximate surface area is 115 Å². The van der Waals surface area contributed by atoms with E-state index in [-0.39, 0.29) is 5.91 Å². The minimum atomic E-state index is -0.259. The molecule has 0 atom stereocenters. The van der Waals surface area contributed by atoms with Crippen molar-refractivity contribution in [3.8, 4) is 0 Å². The molecule has 0 spiro atoms. The Hall–Kier alpha value is -0.980. The Kier molecular flexibility index (Phi) is 3.76. The van der Waals surface area contributed by atoms with Crippen molar-refractivity contribution < 1.29 is 4.79 Å². The van der Waals surface area contributed by atoms with Crippen LogP contribution in [0.25, 0.3) is 0 Å². The number of hydrogen-bond donors (Lipinski definition) is 1. The van der Waals surface area contributed by atoms with Gasteiger partial charge in [0, 0.05) is 5.38 Å². The van der Waals surface area contributed by atoms with E-state index in [4.69, 9.17) is 11.6 Å². The van der Waals surface area contributed by atoms with Crippen molar-refractivity contribution in [1.29, 1.82) is 0 Å². The minimum absolute atomic E-state index is 0.259. The highest BCUT2D eigenvalue weighted by Gasteiger charge is 2.10. The lowest BCUT2D eigenvalue weighted by molar-refractivity contribution is 0.102. The van der Waals surface area contributed by atoms with Crippen LogP contribution < -0.4 is 5.32 Å². The Morgan fingerprint density at radius 1 is 1.59 bits per heavy atom. The Balaban J connectivity index is 2.15. The lowest BCUT2D eigenvalue weighted by Crippen LogP contribution is -2.12. The van der Waals surface area contributed by atoms with Crippen molar-refractivity contribution in [2.45, 2.75) is 6.92 Å². The molecule has 0 fully saturated rings. The van der Waals surface area contributed by atoms with E-state index in [0.29, 0.717) is 21.0 Å². The van der Waals surface area contributed by atoms with Gasteiger partial charge in [0.25, 0.3) is 5.91 Å². The number of hydrogen-bond acceptors (Lipinski definition) is 4. The number of nitrogens with zero attached hydrogens (tertiary/aromatic N) is 2. The Morgan fingerprint density at radius 3 is 2.94 bits per heavy atom. The van der Waals surface area contributed by atoms with E-state index in [1.807, 2.05) is 6.92 Å². The maximum absolute atomic E-state index is 11.8. The monoisotopic (exact) mass is 331 g/mol. The highest BCUT2D eigenvalue weighted by Crippen LogP contribution is 2.23.